The third kappa shape index (κ3) is 3.16. The number of nitrogens with zero attached hydrogens (tertiary/aromatic N) is 2. The zero-order chi connectivity index (χ0) is 13.2. The van der Waals surface area contributed by atoms with E-state index in [2.05, 4.69) is 9.97 Å². The summed E-state index contributed by atoms with van der Waals surface area (Å²) in [6.45, 7) is -1.29. The monoisotopic (exact) mass is 277 g/mol. The van der Waals surface area contributed by atoms with E-state index < -0.39 is 18.7 Å². The molecule has 2 aromatic rings. The Morgan fingerprint density at radius 2 is 2.11 bits per heavy atom. The van der Waals surface area contributed by atoms with E-state index in [1.807, 2.05) is 5.32 Å². The van der Waals surface area contributed by atoms with Crippen molar-refractivity contribution in [3.05, 3.63) is 30.5 Å². The SMILES string of the molecule is Fc1nc(-c2cccnc2)sc1NCC(F)(F)F. The normalized spacial score (nSPS) is 11.6. The minimum absolute atomic E-state index is 0.230. The van der Waals surface area contributed by atoms with Gasteiger partial charge in [-0.3, -0.25) is 4.98 Å². The third-order valence-corrected chi connectivity index (χ3v) is 2.98. The highest BCUT2D eigenvalue weighted by Gasteiger charge is 2.27. The maximum Gasteiger partial charge on any atom is 0.405 e. The molecule has 0 saturated carbocycles. The summed E-state index contributed by atoms with van der Waals surface area (Å²) in [7, 11) is 0. The lowest BCUT2D eigenvalue weighted by molar-refractivity contribution is -0.115. The standard InChI is InChI=1S/C10H7F4N3S/c11-7-9(16-5-10(12,13)14)18-8(17-7)6-2-1-3-15-4-6/h1-4,16H,5H2. The first-order valence-corrected chi connectivity index (χ1v) is 5.65. The highest BCUT2D eigenvalue weighted by molar-refractivity contribution is 7.18. The third-order valence-electron chi connectivity index (χ3n) is 1.94. The maximum absolute atomic E-state index is 13.3. The van der Waals surface area contributed by atoms with E-state index in [1.54, 1.807) is 12.1 Å². The quantitative estimate of drug-likeness (QED) is 0.875. The van der Waals surface area contributed by atoms with Crippen LogP contribution in [0.15, 0.2) is 24.5 Å². The molecule has 0 spiro atoms. The molecule has 3 nitrogen and oxygen atoms in total. The molecule has 96 valence electrons. The van der Waals surface area contributed by atoms with E-state index in [-0.39, 0.29) is 10.0 Å². The Labute approximate surface area is 104 Å². The van der Waals surface area contributed by atoms with Crippen molar-refractivity contribution < 1.29 is 17.6 Å². The van der Waals surface area contributed by atoms with Crippen molar-refractivity contribution in [1.82, 2.24) is 9.97 Å². The van der Waals surface area contributed by atoms with E-state index in [9.17, 15) is 17.6 Å². The largest absolute Gasteiger partial charge is 0.405 e. The first-order chi connectivity index (χ1) is 8.46. The number of anilines is 1. The molecule has 0 amide bonds. The molecule has 0 atom stereocenters. The lowest BCUT2D eigenvalue weighted by Crippen LogP contribution is -2.21. The number of halogens is 4. The number of aromatic nitrogens is 2. The molecule has 0 aliphatic rings. The van der Waals surface area contributed by atoms with Crippen LogP contribution in [0.5, 0.6) is 0 Å². The summed E-state index contributed by atoms with van der Waals surface area (Å²) in [4.78, 5) is 7.39. The Morgan fingerprint density at radius 1 is 1.33 bits per heavy atom. The molecule has 0 aromatic carbocycles. The molecule has 2 rings (SSSR count). The predicted molar refractivity (Wildman–Crippen MR) is 59.8 cm³/mol. The van der Waals surface area contributed by atoms with Gasteiger partial charge in [0.1, 0.15) is 16.6 Å². The van der Waals surface area contributed by atoms with Gasteiger partial charge in [-0.25, -0.2) is 4.98 Å². The van der Waals surface area contributed by atoms with Crippen molar-refractivity contribution in [2.75, 3.05) is 11.9 Å². The minimum Gasteiger partial charge on any atom is -0.364 e. The molecule has 0 saturated heterocycles. The van der Waals surface area contributed by atoms with Crippen LogP contribution in [0.3, 0.4) is 0 Å². The fraction of sp³-hybridized carbons (Fsp3) is 0.200. The van der Waals surface area contributed by atoms with Crippen molar-refractivity contribution >= 4 is 16.3 Å². The van der Waals surface area contributed by atoms with Crippen LogP contribution in [-0.2, 0) is 0 Å². The Hall–Kier alpha value is -1.70. The van der Waals surface area contributed by atoms with E-state index in [0.717, 1.165) is 11.3 Å². The summed E-state index contributed by atoms with van der Waals surface area (Å²) in [5.41, 5.74) is 0.557. The van der Waals surface area contributed by atoms with Crippen LogP contribution >= 0.6 is 11.3 Å². The fourth-order valence-electron chi connectivity index (χ4n) is 1.20. The molecule has 0 radical (unpaired) electrons. The topological polar surface area (TPSA) is 37.8 Å². The Kier molecular flexibility index (Phi) is 3.46. The van der Waals surface area contributed by atoms with Crippen molar-refractivity contribution in [2.24, 2.45) is 0 Å². The van der Waals surface area contributed by atoms with Crippen molar-refractivity contribution in [3.8, 4) is 10.6 Å². The van der Waals surface area contributed by atoms with Gasteiger partial charge >= 0.3 is 6.18 Å². The van der Waals surface area contributed by atoms with Gasteiger partial charge in [0.25, 0.3) is 0 Å². The summed E-state index contributed by atoms with van der Waals surface area (Å²) in [5.74, 6) is -0.942. The summed E-state index contributed by atoms with van der Waals surface area (Å²) >= 11 is 0.816. The number of hydrogen-bond donors (Lipinski definition) is 1. The van der Waals surface area contributed by atoms with Crippen molar-refractivity contribution in [1.29, 1.82) is 0 Å². The fourth-order valence-corrected chi connectivity index (χ4v) is 2.04. The zero-order valence-corrected chi connectivity index (χ0v) is 9.65. The van der Waals surface area contributed by atoms with Crippen LogP contribution < -0.4 is 5.32 Å². The number of hydrogen-bond acceptors (Lipinski definition) is 4. The van der Waals surface area contributed by atoms with Crippen LogP contribution in [0.1, 0.15) is 0 Å². The number of pyridine rings is 1. The molecule has 0 aliphatic heterocycles. The lowest BCUT2D eigenvalue weighted by Gasteiger charge is -2.06. The molecule has 18 heavy (non-hydrogen) atoms. The molecule has 0 fully saturated rings. The van der Waals surface area contributed by atoms with Crippen LogP contribution in [0.4, 0.5) is 22.6 Å². The van der Waals surface area contributed by atoms with E-state index in [1.165, 1.54) is 12.4 Å². The van der Waals surface area contributed by atoms with Gasteiger partial charge in [0.05, 0.1) is 0 Å². The van der Waals surface area contributed by atoms with Crippen LogP contribution in [0.2, 0.25) is 0 Å². The van der Waals surface area contributed by atoms with Gasteiger partial charge in [0.2, 0.25) is 5.95 Å². The van der Waals surface area contributed by atoms with Gasteiger partial charge in [-0.2, -0.15) is 17.6 Å². The molecule has 2 heterocycles. The Bertz CT molecular complexity index is 524. The highest BCUT2D eigenvalue weighted by atomic mass is 32.1. The second-order valence-corrected chi connectivity index (χ2v) is 4.35. The van der Waals surface area contributed by atoms with Crippen LogP contribution in [0.25, 0.3) is 10.6 Å². The smallest absolute Gasteiger partial charge is 0.364 e. The molecule has 0 bridgehead atoms. The van der Waals surface area contributed by atoms with E-state index in [4.69, 9.17) is 0 Å². The minimum atomic E-state index is -4.40. The van der Waals surface area contributed by atoms with E-state index in [0.29, 0.717) is 5.56 Å². The average Bonchev–Trinajstić information content (AvgIpc) is 2.68. The first kappa shape index (κ1) is 12.7. The van der Waals surface area contributed by atoms with Crippen LogP contribution in [-0.4, -0.2) is 22.7 Å². The first-order valence-electron chi connectivity index (χ1n) is 4.83. The predicted octanol–water partition coefficient (Wildman–Crippen LogP) is 3.32. The van der Waals surface area contributed by atoms with Crippen LogP contribution in [0, 0.1) is 5.95 Å². The molecule has 0 unspecified atom stereocenters. The summed E-state index contributed by atoms with van der Waals surface area (Å²) < 4.78 is 49.3. The number of alkyl halides is 3. The molecule has 0 aliphatic carbocycles. The Morgan fingerprint density at radius 3 is 2.72 bits per heavy atom. The molecule has 2 aromatic heterocycles. The second-order valence-electron chi connectivity index (χ2n) is 3.35. The van der Waals surface area contributed by atoms with Gasteiger partial charge in [-0.15, -0.1) is 0 Å². The zero-order valence-electron chi connectivity index (χ0n) is 8.83. The van der Waals surface area contributed by atoms with Gasteiger partial charge in [-0.05, 0) is 12.1 Å². The summed E-state index contributed by atoms with van der Waals surface area (Å²) in [5, 5.41) is 2.03. The van der Waals surface area contributed by atoms with Gasteiger partial charge in [0, 0.05) is 18.0 Å². The average molecular weight is 277 g/mol. The molecular weight excluding hydrogens is 270 g/mol. The van der Waals surface area contributed by atoms with E-state index >= 15 is 0 Å². The Balaban J connectivity index is 2.17. The molecule has 8 heteroatoms. The lowest BCUT2D eigenvalue weighted by atomic mass is 10.3. The highest BCUT2D eigenvalue weighted by Crippen LogP contribution is 2.31. The molecular formula is C10H7F4N3S. The summed E-state index contributed by atoms with van der Waals surface area (Å²) in [6, 6.07) is 3.29. The van der Waals surface area contributed by atoms with Gasteiger partial charge in [-0.1, -0.05) is 11.3 Å². The number of rotatable bonds is 3. The van der Waals surface area contributed by atoms with Crippen molar-refractivity contribution in [3.63, 3.8) is 0 Å². The van der Waals surface area contributed by atoms with Gasteiger partial charge in [0.15, 0.2) is 0 Å². The second kappa shape index (κ2) is 4.89. The molecule has 1 N–H and O–H groups in total. The number of nitrogens with one attached hydrogen (secondary N) is 1. The van der Waals surface area contributed by atoms with Gasteiger partial charge < -0.3 is 5.32 Å². The number of thiazole rings is 1. The maximum atomic E-state index is 13.3. The van der Waals surface area contributed by atoms with Crippen molar-refractivity contribution in [2.45, 2.75) is 6.18 Å². The summed E-state index contributed by atoms with van der Waals surface area (Å²) in [6.07, 6.45) is -1.40.